The molecule has 0 atom stereocenters. The summed E-state index contributed by atoms with van der Waals surface area (Å²) in [5, 5.41) is 6.55. The van der Waals surface area contributed by atoms with E-state index in [9.17, 15) is 9.59 Å². The van der Waals surface area contributed by atoms with Crippen LogP contribution in [0.4, 0.5) is 11.4 Å². The van der Waals surface area contributed by atoms with Gasteiger partial charge in [-0.15, -0.1) is 11.3 Å². The summed E-state index contributed by atoms with van der Waals surface area (Å²) < 4.78 is 10.2. The standard InChI is InChI=1S/C21H25N5O4S/c1-29-8-6-26(7-9-30-2)13-19(27)24-16-4-3-5-17(11-16)25-20(28)18-10-15-12-22-14-23-21(15)31-18/h3-5,10-12,14H,6-9,13H2,1-2H3,(H,24,27)(H,25,28). The van der Waals surface area contributed by atoms with Crippen LogP contribution in [0.1, 0.15) is 9.67 Å². The van der Waals surface area contributed by atoms with Gasteiger partial charge in [-0.05, 0) is 24.3 Å². The number of rotatable bonds is 11. The molecule has 2 aromatic heterocycles. The quantitative estimate of drug-likeness (QED) is 0.469. The predicted molar refractivity (Wildman–Crippen MR) is 121 cm³/mol. The average Bonchev–Trinajstić information content (AvgIpc) is 3.20. The van der Waals surface area contributed by atoms with E-state index in [-0.39, 0.29) is 18.4 Å². The molecule has 3 rings (SSSR count). The highest BCUT2D eigenvalue weighted by atomic mass is 32.1. The Morgan fingerprint density at radius 1 is 1.06 bits per heavy atom. The van der Waals surface area contributed by atoms with Crippen molar-refractivity contribution in [1.82, 2.24) is 14.9 Å². The number of hydrogen-bond donors (Lipinski definition) is 2. The van der Waals surface area contributed by atoms with Gasteiger partial charge in [0.15, 0.2) is 0 Å². The fraction of sp³-hybridized carbons (Fsp3) is 0.333. The van der Waals surface area contributed by atoms with E-state index in [0.29, 0.717) is 42.6 Å². The third-order valence-corrected chi connectivity index (χ3v) is 5.47. The zero-order valence-corrected chi connectivity index (χ0v) is 18.3. The fourth-order valence-corrected chi connectivity index (χ4v) is 3.75. The summed E-state index contributed by atoms with van der Waals surface area (Å²) in [7, 11) is 3.25. The number of fused-ring (bicyclic) bond motifs is 1. The highest BCUT2D eigenvalue weighted by molar-refractivity contribution is 7.20. The van der Waals surface area contributed by atoms with Crippen LogP contribution in [-0.4, -0.2) is 73.7 Å². The molecular weight excluding hydrogens is 418 g/mol. The molecule has 0 saturated heterocycles. The molecule has 164 valence electrons. The van der Waals surface area contributed by atoms with Crippen molar-refractivity contribution in [1.29, 1.82) is 0 Å². The molecule has 0 bridgehead atoms. The Balaban J connectivity index is 1.59. The molecule has 2 amide bonds. The summed E-state index contributed by atoms with van der Waals surface area (Å²) in [6, 6.07) is 8.80. The summed E-state index contributed by atoms with van der Waals surface area (Å²) >= 11 is 1.30. The van der Waals surface area contributed by atoms with Crippen molar-refractivity contribution in [3.05, 3.63) is 47.7 Å². The van der Waals surface area contributed by atoms with Gasteiger partial charge in [0.2, 0.25) is 5.91 Å². The van der Waals surface area contributed by atoms with Crippen LogP contribution in [0.25, 0.3) is 10.2 Å². The molecule has 10 heteroatoms. The number of hydrogen-bond acceptors (Lipinski definition) is 8. The highest BCUT2D eigenvalue weighted by Crippen LogP contribution is 2.24. The lowest BCUT2D eigenvalue weighted by atomic mass is 10.2. The van der Waals surface area contributed by atoms with E-state index in [1.165, 1.54) is 17.7 Å². The summed E-state index contributed by atoms with van der Waals surface area (Å²) in [4.78, 5) is 36.4. The largest absolute Gasteiger partial charge is 0.383 e. The van der Waals surface area contributed by atoms with Gasteiger partial charge in [-0.2, -0.15) is 0 Å². The second kappa shape index (κ2) is 11.5. The van der Waals surface area contributed by atoms with Crippen LogP contribution < -0.4 is 10.6 Å². The van der Waals surface area contributed by atoms with Crippen molar-refractivity contribution in [3.63, 3.8) is 0 Å². The first-order valence-electron chi connectivity index (χ1n) is 9.70. The number of anilines is 2. The molecule has 2 heterocycles. The van der Waals surface area contributed by atoms with Gasteiger partial charge in [-0.25, -0.2) is 9.97 Å². The number of amides is 2. The molecule has 9 nitrogen and oxygen atoms in total. The molecule has 0 unspecified atom stereocenters. The van der Waals surface area contributed by atoms with Crippen LogP contribution in [0.5, 0.6) is 0 Å². The van der Waals surface area contributed by atoms with Crippen LogP contribution in [0, 0.1) is 0 Å². The number of carbonyl (C=O) groups is 2. The van der Waals surface area contributed by atoms with Crippen molar-refractivity contribution >= 4 is 44.7 Å². The van der Waals surface area contributed by atoms with Gasteiger partial charge >= 0.3 is 0 Å². The first-order chi connectivity index (χ1) is 15.1. The Labute approximate surface area is 184 Å². The molecule has 2 N–H and O–H groups in total. The van der Waals surface area contributed by atoms with E-state index in [0.717, 1.165) is 10.2 Å². The van der Waals surface area contributed by atoms with Crippen LogP contribution in [0.15, 0.2) is 42.9 Å². The van der Waals surface area contributed by atoms with Gasteiger partial charge in [0.25, 0.3) is 5.91 Å². The molecule has 0 aliphatic heterocycles. The van der Waals surface area contributed by atoms with Crippen LogP contribution in [0.3, 0.4) is 0 Å². The minimum atomic E-state index is -0.239. The molecule has 31 heavy (non-hydrogen) atoms. The lowest BCUT2D eigenvalue weighted by molar-refractivity contribution is -0.117. The van der Waals surface area contributed by atoms with Crippen LogP contribution >= 0.6 is 11.3 Å². The molecule has 1 aromatic carbocycles. The first kappa shape index (κ1) is 22.8. The Morgan fingerprint density at radius 2 is 1.77 bits per heavy atom. The smallest absolute Gasteiger partial charge is 0.265 e. The van der Waals surface area contributed by atoms with Gasteiger partial charge in [-0.1, -0.05) is 6.07 Å². The highest BCUT2D eigenvalue weighted by Gasteiger charge is 2.13. The fourth-order valence-electron chi connectivity index (χ4n) is 2.88. The Kier molecular flexibility index (Phi) is 8.42. The Hall–Kier alpha value is -2.92. The topological polar surface area (TPSA) is 106 Å². The third-order valence-electron chi connectivity index (χ3n) is 4.41. The monoisotopic (exact) mass is 443 g/mol. The maximum Gasteiger partial charge on any atom is 0.265 e. The summed E-state index contributed by atoms with van der Waals surface area (Å²) in [5.41, 5.74) is 1.19. The lowest BCUT2D eigenvalue weighted by Gasteiger charge is -2.21. The maximum atomic E-state index is 12.6. The maximum absolute atomic E-state index is 12.6. The molecule has 0 fully saturated rings. The molecular formula is C21H25N5O4S. The van der Waals surface area contributed by atoms with Gasteiger partial charge in [0.1, 0.15) is 11.2 Å². The minimum Gasteiger partial charge on any atom is -0.383 e. The molecule has 0 aliphatic carbocycles. The van der Waals surface area contributed by atoms with Gasteiger partial charge in [0, 0.05) is 50.3 Å². The van der Waals surface area contributed by atoms with Gasteiger partial charge in [0.05, 0.1) is 24.6 Å². The van der Waals surface area contributed by atoms with E-state index in [2.05, 4.69) is 20.6 Å². The van der Waals surface area contributed by atoms with Crippen molar-refractivity contribution in [3.8, 4) is 0 Å². The second-order valence-electron chi connectivity index (χ2n) is 6.74. The van der Waals surface area contributed by atoms with E-state index in [4.69, 9.17) is 9.47 Å². The summed E-state index contributed by atoms with van der Waals surface area (Å²) in [5.74, 6) is -0.393. The van der Waals surface area contributed by atoms with E-state index >= 15 is 0 Å². The minimum absolute atomic E-state index is 0.154. The molecule has 0 spiro atoms. The number of benzene rings is 1. The van der Waals surface area contributed by atoms with Crippen molar-refractivity contribution in [2.24, 2.45) is 0 Å². The van der Waals surface area contributed by atoms with Gasteiger partial charge in [-0.3, -0.25) is 14.5 Å². The number of nitrogens with one attached hydrogen (secondary N) is 2. The predicted octanol–water partition coefficient (Wildman–Crippen LogP) is 2.48. The van der Waals surface area contributed by atoms with Crippen LogP contribution in [-0.2, 0) is 14.3 Å². The van der Waals surface area contributed by atoms with E-state index in [1.807, 2.05) is 4.90 Å². The lowest BCUT2D eigenvalue weighted by Crippen LogP contribution is -2.37. The average molecular weight is 444 g/mol. The number of thiophene rings is 1. The number of ether oxygens (including phenoxy) is 2. The Bertz CT molecular complexity index is 985. The van der Waals surface area contributed by atoms with Crippen molar-refractivity contribution in [2.45, 2.75) is 0 Å². The number of methoxy groups -OCH3 is 2. The third kappa shape index (κ3) is 6.79. The van der Waals surface area contributed by atoms with E-state index in [1.54, 1.807) is 50.7 Å². The number of aromatic nitrogens is 2. The van der Waals surface area contributed by atoms with Crippen molar-refractivity contribution in [2.75, 3.05) is 57.7 Å². The summed E-state index contributed by atoms with van der Waals surface area (Å²) in [6.45, 7) is 2.53. The Morgan fingerprint density at radius 3 is 2.45 bits per heavy atom. The second-order valence-corrected chi connectivity index (χ2v) is 7.77. The molecule has 0 saturated carbocycles. The SMILES string of the molecule is COCCN(CCOC)CC(=O)Nc1cccc(NC(=O)c2cc3cncnc3s2)c1. The van der Waals surface area contributed by atoms with E-state index < -0.39 is 0 Å². The normalized spacial score (nSPS) is 11.1. The molecule has 0 radical (unpaired) electrons. The zero-order valence-electron chi connectivity index (χ0n) is 17.5. The van der Waals surface area contributed by atoms with Crippen LogP contribution in [0.2, 0.25) is 0 Å². The van der Waals surface area contributed by atoms with Crippen molar-refractivity contribution < 1.29 is 19.1 Å². The zero-order chi connectivity index (χ0) is 22.1. The van der Waals surface area contributed by atoms with Gasteiger partial charge < -0.3 is 20.1 Å². The number of nitrogens with zero attached hydrogens (tertiary/aromatic N) is 3. The molecule has 0 aliphatic rings. The molecule has 3 aromatic rings. The first-order valence-corrected chi connectivity index (χ1v) is 10.5. The summed E-state index contributed by atoms with van der Waals surface area (Å²) in [6.07, 6.45) is 3.13. The number of carbonyl (C=O) groups excluding carboxylic acids is 2.